The van der Waals surface area contributed by atoms with Gasteiger partial charge in [0.25, 0.3) is 6.43 Å². The van der Waals surface area contributed by atoms with Crippen LogP contribution in [0.15, 0.2) is 10.5 Å². The Hall–Kier alpha value is -1.22. The maximum Gasteiger partial charge on any atom is 0.284 e. The van der Waals surface area contributed by atoms with Gasteiger partial charge in [-0.25, -0.2) is 13.8 Å². The zero-order chi connectivity index (χ0) is 10.7. The number of hydrogen-bond donors (Lipinski definition) is 1. The number of aromatic hydroxyl groups is 1. The summed E-state index contributed by atoms with van der Waals surface area (Å²) < 4.78 is 24.7. The molecule has 0 fully saturated rings. The third kappa shape index (κ3) is 2.17. The summed E-state index contributed by atoms with van der Waals surface area (Å²) in [6, 6.07) is 3.12. The van der Waals surface area contributed by atoms with E-state index in [2.05, 4.69) is 20.9 Å². The molecule has 0 spiro atoms. The molecule has 6 heteroatoms. The van der Waals surface area contributed by atoms with Crippen molar-refractivity contribution >= 4 is 15.9 Å². The first-order chi connectivity index (χ1) is 6.56. The second kappa shape index (κ2) is 4.33. The van der Waals surface area contributed by atoms with Gasteiger partial charge in [0.1, 0.15) is 5.69 Å². The van der Waals surface area contributed by atoms with Crippen LogP contribution in [-0.4, -0.2) is 10.1 Å². The van der Waals surface area contributed by atoms with E-state index < -0.39 is 17.9 Å². The second-order valence-corrected chi connectivity index (χ2v) is 3.32. The quantitative estimate of drug-likeness (QED) is 0.891. The molecule has 14 heavy (non-hydrogen) atoms. The average Bonchev–Trinajstić information content (AvgIpc) is 2.11. The topological polar surface area (TPSA) is 56.9 Å². The minimum Gasteiger partial charge on any atom is -0.505 e. The van der Waals surface area contributed by atoms with E-state index in [0.717, 1.165) is 0 Å². The molecular formula is C8H5BrF2N2O. The average molecular weight is 263 g/mol. The van der Waals surface area contributed by atoms with Gasteiger partial charge in [-0.1, -0.05) is 0 Å². The number of hydrogen-bond acceptors (Lipinski definition) is 3. The van der Waals surface area contributed by atoms with E-state index in [1.807, 2.05) is 0 Å². The van der Waals surface area contributed by atoms with Crippen molar-refractivity contribution in [3.05, 3.63) is 21.9 Å². The fourth-order valence-corrected chi connectivity index (χ4v) is 1.37. The van der Waals surface area contributed by atoms with Crippen LogP contribution in [0.2, 0.25) is 0 Å². The first-order valence-electron chi connectivity index (χ1n) is 3.59. The fraction of sp³-hybridized carbons (Fsp3) is 0.250. The molecule has 0 amide bonds. The van der Waals surface area contributed by atoms with Gasteiger partial charge in [-0.2, -0.15) is 5.26 Å². The highest BCUT2D eigenvalue weighted by atomic mass is 79.9. The molecule has 0 bridgehead atoms. The van der Waals surface area contributed by atoms with Crippen molar-refractivity contribution in [2.45, 2.75) is 12.8 Å². The number of nitriles is 1. The molecule has 1 heterocycles. The molecule has 0 aromatic carbocycles. The van der Waals surface area contributed by atoms with Crippen LogP contribution in [0.1, 0.15) is 17.8 Å². The van der Waals surface area contributed by atoms with Gasteiger partial charge in [-0.15, -0.1) is 0 Å². The molecule has 0 atom stereocenters. The van der Waals surface area contributed by atoms with Gasteiger partial charge < -0.3 is 5.11 Å². The molecule has 0 unspecified atom stereocenters. The molecule has 0 aliphatic heterocycles. The van der Waals surface area contributed by atoms with E-state index in [-0.39, 0.29) is 16.6 Å². The molecule has 0 aliphatic carbocycles. The Bertz CT molecular complexity index is 390. The Balaban J connectivity index is 3.22. The Kier molecular flexibility index (Phi) is 3.36. The van der Waals surface area contributed by atoms with Crippen LogP contribution in [0.3, 0.4) is 0 Å². The molecule has 74 valence electrons. The van der Waals surface area contributed by atoms with Gasteiger partial charge in [-0.3, -0.25) is 0 Å². The van der Waals surface area contributed by atoms with Crippen LogP contribution in [0.4, 0.5) is 8.78 Å². The summed E-state index contributed by atoms with van der Waals surface area (Å²) in [5, 5.41) is 17.5. The van der Waals surface area contributed by atoms with Gasteiger partial charge in [0.2, 0.25) is 0 Å². The lowest BCUT2D eigenvalue weighted by Gasteiger charge is -2.06. The van der Waals surface area contributed by atoms with Crippen LogP contribution in [-0.2, 0) is 6.42 Å². The number of aromatic nitrogens is 1. The number of halogens is 3. The van der Waals surface area contributed by atoms with Crippen molar-refractivity contribution in [3.8, 4) is 11.8 Å². The molecule has 1 N–H and O–H groups in total. The minimum atomic E-state index is -2.86. The fourth-order valence-electron chi connectivity index (χ4n) is 0.901. The summed E-state index contributed by atoms with van der Waals surface area (Å²) in [5.74, 6) is -0.582. The summed E-state index contributed by atoms with van der Waals surface area (Å²) >= 11 is 2.90. The maximum atomic E-state index is 12.3. The lowest BCUT2D eigenvalue weighted by Crippen LogP contribution is -1.97. The predicted octanol–water partition coefficient (Wildman–Crippen LogP) is 2.55. The lowest BCUT2D eigenvalue weighted by molar-refractivity contribution is 0.141. The van der Waals surface area contributed by atoms with E-state index in [4.69, 9.17) is 5.26 Å². The Morgan fingerprint density at radius 1 is 1.64 bits per heavy atom. The third-order valence-electron chi connectivity index (χ3n) is 1.49. The highest BCUT2D eigenvalue weighted by molar-refractivity contribution is 9.10. The van der Waals surface area contributed by atoms with E-state index >= 15 is 0 Å². The van der Waals surface area contributed by atoms with Gasteiger partial charge in [0, 0.05) is 0 Å². The number of nitrogens with zero attached hydrogens (tertiary/aromatic N) is 2. The van der Waals surface area contributed by atoms with Crippen molar-refractivity contribution < 1.29 is 13.9 Å². The van der Waals surface area contributed by atoms with Crippen LogP contribution in [0.5, 0.6) is 5.75 Å². The SMILES string of the molecule is N#CCc1cc(Br)c(O)c(C(F)F)n1. The summed E-state index contributed by atoms with van der Waals surface area (Å²) in [4.78, 5) is 3.47. The van der Waals surface area contributed by atoms with E-state index in [0.29, 0.717) is 0 Å². The molecule has 1 rings (SSSR count). The summed E-state index contributed by atoms with van der Waals surface area (Å²) in [5.41, 5.74) is -0.503. The summed E-state index contributed by atoms with van der Waals surface area (Å²) in [6.07, 6.45) is -2.93. The second-order valence-electron chi connectivity index (χ2n) is 2.46. The van der Waals surface area contributed by atoms with Crippen LogP contribution in [0, 0.1) is 11.3 Å². The Labute approximate surface area is 87.1 Å². The highest BCUT2D eigenvalue weighted by Gasteiger charge is 2.18. The molecule has 0 saturated heterocycles. The largest absolute Gasteiger partial charge is 0.505 e. The molecule has 0 saturated carbocycles. The summed E-state index contributed by atoms with van der Waals surface area (Å²) in [7, 11) is 0. The molecule has 1 aromatic heterocycles. The molecule has 1 aromatic rings. The molecular weight excluding hydrogens is 258 g/mol. The zero-order valence-electron chi connectivity index (χ0n) is 6.84. The van der Waals surface area contributed by atoms with Crippen molar-refractivity contribution in [3.63, 3.8) is 0 Å². The smallest absolute Gasteiger partial charge is 0.284 e. The van der Waals surface area contributed by atoms with E-state index in [1.165, 1.54) is 6.07 Å². The summed E-state index contributed by atoms with van der Waals surface area (Å²) in [6.45, 7) is 0. The lowest BCUT2D eigenvalue weighted by atomic mass is 10.2. The van der Waals surface area contributed by atoms with Gasteiger partial charge in [0.15, 0.2) is 5.75 Å². The normalized spacial score (nSPS) is 10.2. The first-order valence-corrected chi connectivity index (χ1v) is 4.39. The molecule has 3 nitrogen and oxygen atoms in total. The monoisotopic (exact) mass is 262 g/mol. The zero-order valence-corrected chi connectivity index (χ0v) is 8.42. The third-order valence-corrected chi connectivity index (χ3v) is 2.10. The highest BCUT2D eigenvalue weighted by Crippen LogP contribution is 2.33. The van der Waals surface area contributed by atoms with Crippen molar-refractivity contribution in [1.82, 2.24) is 4.98 Å². The number of pyridine rings is 1. The van der Waals surface area contributed by atoms with E-state index in [9.17, 15) is 13.9 Å². The Morgan fingerprint density at radius 3 is 2.79 bits per heavy atom. The Morgan fingerprint density at radius 2 is 2.29 bits per heavy atom. The van der Waals surface area contributed by atoms with Gasteiger partial charge in [-0.05, 0) is 22.0 Å². The van der Waals surface area contributed by atoms with Crippen LogP contribution in [0.25, 0.3) is 0 Å². The standard InChI is InChI=1S/C8H5BrF2N2O/c9-5-3-4(1-2-12)13-6(7(5)14)8(10)11/h3,8,14H,1H2. The van der Waals surface area contributed by atoms with E-state index in [1.54, 1.807) is 6.07 Å². The number of rotatable bonds is 2. The first kappa shape index (κ1) is 10.9. The van der Waals surface area contributed by atoms with Crippen LogP contribution >= 0.6 is 15.9 Å². The van der Waals surface area contributed by atoms with Crippen molar-refractivity contribution in [2.75, 3.05) is 0 Å². The molecule has 0 aliphatic rings. The number of alkyl halides is 2. The maximum absolute atomic E-state index is 12.3. The molecule has 0 radical (unpaired) electrons. The van der Waals surface area contributed by atoms with Crippen LogP contribution < -0.4 is 0 Å². The van der Waals surface area contributed by atoms with Gasteiger partial charge in [0.05, 0.1) is 22.7 Å². The minimum absolute atomic E-state index is 0.0708. The van der Waals surface area contributed by atoms with Gasteiger partial charge >= 0.3 is 0 Å². The predicted molar refractivity (Wildman–Crippen MR) is 47.9 cm³/mol. The van der Waals surface area contributed by atoms with Crippen molar-refractivity contribution in [2.24, 2.45) is 0 Å². The van der Waals surface area contributed by atoms with Crippen molar-refractivity contribution in [1.29, 1.82) is 5.26 Å².